The summed E-state index contributed by atoms with van der Waals surface area (Å²) in [5.41, 5.74) is 10.3. The van der Waals surface area contributed by atoms with Crippen molar-refractivity contribution in [2.45, 2.75) is 6.92 Å². The van der Waals surface area contributed by atoms with E-state index in [0.29, 0.717) is 16.8 Å². The molecular formula is C14H12BrN3O2. The van der Waals surface area contributed by atoms with Crippen LogP contribution in [0.4, 0.5) is 17.1 Å². The first-order chi connectivity index (χ1) is 9.52. The van der Waals surface area contributed by atoms with E-state index in [1.54, 1.807) is 12.1 Å². The average Bonchev–Trinajstić information content (AvgIpc) is 2.73. The first-order valence-corrected chi connectivity index (χ1v) is 6.78. The molecular weight excluding hydrogens is 322 g/mol. The summed E-state index contributed by atoms with van der Waals surface area (Å²) in [5, 5.41) is 3.26. The summed E-state index contributed by atoms with van der Waals surface area (Å²) in [7, 11) is 0. The fourth-order valence-electron chi connectivity index (χ4n) is 2.00. The molecule has 0 atom stereocenters. The molecule has 0 aliphatic carbocycles. The number of hydrogen-bond acceptors (Lipinski definition) is 4. The Morgan fingerprint density at radius 3 is 2.85 bits per heavy atom. The second-order valence-corrected chi connectivity index (χ2v) is 5.45. The van der Waals surface area contributed by atoms with Gasteiger partial charge in [0.25, 0.3) is 0 Å². The van der Waals surface area contributed by atoms with Gasteiger partial charge in [-0.2, -0.15) is 0 Å². The molecule has 0 fully saturated rings. The smallest absolute Gasteiger partial charge is 0.408 e. The minimum absolute atomic E-state index is 0.448. The number of hydrogen-bond donors (Lipinski definition) is 3. The van der Waals surface area contributed by atoms with E-state index in [2.05, 4.69) is 26.2 Å². The van der Waals surface area contributed by atoms with Crippen LogP contribution in [-0.4, -0.2) is 4.98 Å². The van der Waals surface area contributed by atoms with Crippen LogP contribution in [0.25, 0.3) is 11.1 Å². The number of nitrogens with one attached hydrogen (secondary N) is 2. The van der Waals surface area contributed by atoms with E-state index in [4.69, 9.17) is 10.2 Å². The van der Waals surface area contributed by atoms with Crippen molar-refractivity contribution in [2.75, 3.05) is 11.1 Å². The van der Waals surface area contributed by atoms with Crippen molar-refractivity contribution in [2.24, 2.45) is 0 Å². The average molecular weight is 334 g/mol. The van der Waals surface area contributed by atoms with Crippen LogP contribution in [0.1, 0.15) is 5.56 Å². The molecule has 102 valence electrons. The van der Waals surface area contributed by atoms with Gasteiger partial charge in [0.05, 0.1) is 16.9 Å². The van der Waals surface area contributed by atoms with Crippen LogP contribution in [0.15, 0.2) is 44.0 Å². The van der Waals surface area contributed by atoms with Gasteiger partial charge in [0.1, 0.15) is 0 Å². The zero-order chi connectivity index (χ0) is 14.3. The van der Waals surface area contributed by atoms with E-state index in [-0.39, 0.29) is 0 Å². The number of fused-ring (bicyclic) bond motifs is 1. The van der Waals surface area contributed by atoms with Crippen molar-refractivity contribution in [1.82, 2.24) is 4.98 Å². The highest BCUT2D eigenvalue weighted by atomic mass is 79.9. The van der Waals surface area contributed by atoms with Crippen LogP contribution in [0, 0.1) is 6.92 Å². The predicted octanol–water partition coefficient (Wildman–Crippen LogP) is 3.52. The lowest BCUT2D eigenvalue weighted by molar-refractivity contribution is 0.555. The number of nitrogen functional groups attached to an aromatic ring is 1. The third kappa shape index (κ3) is 2.30. The first-order valence-electron chi connectivity index (χ1n) is 5.98. The van der Waals surface area contributed by atoms with E-state index in [1.807, 2.05) is 25.1 Å². The molecule has 0 bridgehead atoms. The van der Waals surface area contributed by atoms with Crippen molar-refractivity contribution in [1.29, 1.82) is 0 Å². The molecule has 0 amide bonds. The van der Waals surface area contributed by atoms with Crippen molar-refractivity contribution < 1.29 is 4.42 Å². The normalized spacial score (nSPS) is 10.9. The molecule has 0 saturated heterocycles. The highest BCUT2D eigenvalue weighted by Gasteiger charge is 2.08. The third-order valence-corrected chi connectivity index (χ3v) is 3.55. The molecule has 0 unspecified atom stereocenters. The minimum atomic E-state index is -0.491. The molecule has 3 aromatic rings. The Morgan fingerprint density at radius 2 is 2.05 bits per heavy atom. The molecule has 0 saturated carbocycles. The monoisotopic (exact) mass is 333 g/mol. The number of anilines is 3. The van der Waals surface area contributed by atoms with Gasteiger partial charge in [-0.05, 0) is 30.7 Å². The van der Waals surface area contributed by atoms with Gasteiger partial charge in [-0.25, -0.2) is 4.79 Å². The van der Waals surface area contributed by atoms with Crippen LogP contribution >= 0.6 is 15.9 Å². The number of H-pyrrole nitrogens is 1. The van der Waals surface area contributed by atoms with E-state index in [1.165, 1.54) is 0 Å². The number of benzene rings is 2. The molecule has 5 nitrogen and oxygen atoms in total. The Balaban J connectivity index is 2.07. The second kappa shape index (κ2) is 4.72. The molecule has 1 aromatic heterocycles. The Kier molecular flexibility index (Phi) is 3.02. The van der Waals surface area contributed by atoms with Crippen LogP contribution in [0.5, 0.6) is 0 Å². The Bertz CT molecular complexity index is 851. The maximum Gasteiger partial charge on any atom is 0.417 e. The van der Waals surface area contributed by atoms with Crippen LogP contribution in [-0.2, 0) is 0 Å². The van der Waals surface area contributed by atoms with E-state index < -0.39 is 5.76 Å². The molecule has 0 radical (unpaired) electrons. The van der Waals surface area contributed by atoms with Crippen molar-refractivity contribution in [3.63, 3.8) is 0 Å². The summed E-state index contributed by atoms with van der Waals surface area (Å²) in [4.78, 5) is 13.8. The molecule has 6 heteroatoms. The molecule has 1 heterocycles. The third-order valence-electron chi connectivity index (χ3n) is 3.06. The summed E-state index contributed by atoms with van der Waals surface area (Å²) >= 11 is 3.44. The minimum Gasteiger partial charge on any atom is -0.408 e. The number of aromatic amines is 1. The fourth-order valence-corrected chi connectivity index (χ4v) is 2.36. The van der Waals surface area contributed by atoms with Gasteiger partial charge in [0.15, 0.2) is 5.58 Å². The predicted molar refractivity (Wildman–Crippen MR) is 83.4 cm³/mol. The highest BCUT2D eigenvalue weighted by Crippen LogP contribution is 2.30. The van der Waals surface area contributed by atoms with Crippen LogP contribution < -0.4 is 16.8 Å². The first kappa shape index (κ1) is 12.8. The Hall–Kier alpha value is -2.21. The van der Waals surface area contributed by atoms with Crippen molar-refractivity contribution in [3.05, 3.63) is 50.9 Å². The molecule has 0 spiro atoms. The number of aryl methyl sites for hydroxylation is 1. The lowest BCUT2D eigenvalue weighted by Crippen LogP contribution is -1.98. The van der Waals surface area contributed by atoms with Gasteiger partial charge in [-0.15, -0.1) is 0 Å². The van der Waals surface area contributed by atoms with Crippen molar-refractivity contribution >= 4 is 44.1 Å². The number of halogens is 1. The van der Waals surface area contributed by atoms with E-state index >= 15 is 0 Å². The van der Waals surface area contributed by atoms with Gasteiger partial charge in [-0.3, -0.25) is 4.98 Å². The SMILES string of the molecule is Cc1ccc(Br)cc1Nc1cc2[nH]c(=O)oc2cc1N. The van der Waals surface area contributed by atoms with Crippen LogP contribution in [0.2, 0.25) is 0 Å². The zero-order valence-corrected chi connectivity index (χ0v) is 12.2. The highest BCUT2D eigenvalue weighted by molar-refractivity contribution is 9.10. The topological polar surface area (TPSA) is 84.0 Å². The van der Waals surface area contributed by atoms with Crippen LogP contribution in [0.3, 0.4) is 0 Å². The molecule has 20 heavy (non-hydrogen) atoms. The van der Waals surface area contributed by atoms with Gasteiger partial charge in [-0.1, -0.05) is 22.0 Å². The standard InChI is InChI=1S/C14H12BrN3O2/c1-7-2-3-8(15)4-10(7)17-11-6-12-13(5-9(11)16)20-14(19)18-12/h2-6,17H,16H2,1H3,(H,18,19). The maximum atomic E-state index is 11.2. The summed E-state index contributed by atoms with van der Waals surface area (Å²) in [6.45, 7) is 2.00. The second-order valence-electron chi connectivity index (χ2n) is 4.53. The number of rotatable bonds is 2. The quantitative estimate of drug-likeness (QED) is 0.626. The molecule has 4 N–H and O–H groups in total. The molecule has 3 rings (SSSR count). The number of aromatic nitrogens is 1. The number of oxazole rings is 1. The summed E-state index contributed by atoms with van der Waals surface area (Å²) in [6, 6.07) is 9.33. The van der Waals surface area contributed by atoms with Gasteiger partial charge >= 0.3 is 5.76 Å². The van der Waals surface area contributed by atoms with Gasteiger partial charge in [0, 0.05) is 16.2 Å². The van der Waals surface area contributed by atoms with E-state index in [9.17, 15) is 4.79 Å². The summed E-state index contributed by atoms with van der Waals surface area (Å²) in [5.74, 6) is -0.491. The number of nitrogens with two attached hydrogens (primary N) is 1. The van der Waals surface area contributed by atoms with E-state index in [0.717, 1.165) is 21.4 Å². The van der Waals surface area contributed by atoms with Crippen molar-refractivity contribution in [3.8, 4) is 0 Å². The molecule has 0 aliphatic heterocycles. The zero-order valence-electron chi connectivity index (χ0n) is 10.7. The Morgan fingerprint density at radius 1 is 1.25 bits per heavy atom. The maximum absolute atomic E-state index is 11.2. The fraction of sp³-hybridized carbons (Fsp3) is 0.0714. The van der Waals surface area contributed by atoms with Gasteiger partial charge in [0.2, 0.25) is 0 Å². The summed E-state index contributed by atoms with van der Waals surface area (Å²) in [6.07, 6.45) is 0. The lowest BCUT2D eigenvalue weighted by Gasteiger charge is -2.12. The Labute approximate surface area is 122 Å². The van der Waals surface area contributed by atoms with Gasteiger partial charge < -0.3 is 15.5 Å². The summed E-state index contributed by atoms with van der Waals surface area (Å²) < 4.78 is 5.94. The molecule has 2 aromatic carbocycles. The molecule has 0 aliphatic rings. The lowest BCUT2D eigenvalue weighted by atomic mass is 10.2. The largest absolute Gasteiger partial charge is 0.417 e.